The average Bonchev–Trinajstić information content (AvgIpc) is 2.45. The van der Waals surface area contributed by atoms with E-state index in [4.69, 9.17) is 9.05 Å². The molecule has 0 aromatic rings. The van der Waals surface area contributed by atoms with Crippen molar-refractivity contribution in [1.82, 2.24) is 0 Å². The molecular formula is C16H34O4PZn+. The van der Waals surface area contributed by atoms with E-state index in [0.717, 1.165) is 38.5 Å². The van der Waals surface area contributed by atoms with Crippen LogP contribution in [0, 0.1) is 0 Å². The van der Waals surface area contributed by atoms with Gasteiger partial charge in [0.05, 0.1) is 13.2 Å². The van der Waals surface area contributed by atoms with E-state index < -0.39 is 7.82 Å². The predicted molar refractivity (Wildman–Crippen MR) is 86.3 cm³/mol. The third-order valence-electron chi connectivity index (χ3n) is 3.49. The molecule has 0 fully saturated rings. The van der Waals surface area contributed by atoms with Crippen LogP contribution in [0.1, 0.15) is 90.9 Å². The van der Waals surface area contributed by atoms with Crippen LogP contribution in [0.4, 0.5) is 0 Å². The van der Waals surface area contributed by atoms with Gasteiger partial charge in [-0.3, -0.25) is 4.57 Å². The molecule has 0 saturated carbocycles. The zero-order valence-corrected chi connectivity index (χ0v) is 18.5. The Morgan fingerprint density at radius 1 is 0.682 bits per heavy atom. The van der Waals surface area contributed by atoms with Crippen LogP contribution in [0.3, 0.4) is 0 Å². The van der Waals surface area contributed by atoms with E-state index in [2.05, 4.69) is 13.8 Å². The van der Waals surface area contributed by atoms with Gasteiger partial charge in [0, 0.05) is 0 Å². The molecule has 0 heterocycles. The Morgan fingerprint density at radius 2 is 1.00 bits per heavy atom. The van der Waals surface area contributed by atoms with Crippen LogP contribution >= 0.6 is 7.82 Å². The van der Waals surface area contributed by atoms with E-state index in [9.17, 15) is 9.46 Å². The van der Waals surface area contributed by atoms with E-state index in [0.29, 0.717) is 0 Å². The molecule has 0 saturated heterocycles. The molecule has 0 aliphatic rings. The van der Waals surface area contributed by atoms with Gasteiger partial charge in [-0.2, -0.15) is 0 Å². The van der Waals surface area contributed by atoms with Crippen LogP contribution in [0.5, 0.6) is 0 Å². The summed E-state index contributed by atoms with van der Waals surface area (Å²) >= 11 is 0. The zero-order chi connectivity index (χ0) is 15.8. The van der Waals surface area contributed by atoms with Gasteiger partial charge in [-0.25, -0.2) is 0 Å². The molecule has 128 valence electrons. The number of phosphoric acid groups is 1. The predicted octanol–water partition coefficient (Wildman–Crippen LogP) is 5.21. The zero-order valence-electron chi connectivity index (χ0n) is 14.7. The van der Waals surface area contributed by atoms with Crippen LogP contribution in [0.25, 0.3) is 0 Å². The summed E-state index contributed by atoms with van der Waals surface area (Å²) in [5, 5.41) is 0. The fraction of sp³-hybridized carbons (Fsp3) is 1.00. The second-order valence-electron chi connectivity index (χ2n) is 5.65. The van der Waals surface area contributed by atoms with Gasteiger partial charge in [0.2, 0.25) is 0 Å². The molecule has 0 amide bonds. The molecule has 6 heteroatoms. The molecule has 0 unspecified atom stereocenters. The minimum absolute atomic E-state index is 0. The van der Waals surface area contributed by atoms with Crippen molar-refractivity contribution in [2.45, 2.75) is 90.9 Å². The van der Waals surface area contributed by atoms with Gasteiger partial charge >= 0.3 is 19.5 Å². The van der Waals surface area contributed by atoms with Gasteiger partial charge in [-0.05, 0) is 12.8 Å². The van der Waals surface area contributed by atoms with Crippen LogP contribution in [0.2, 0.25) is 0 Å². The Morgan fingerprint density at radius 3 is 1.36 bits per heavy atom. The summed E-state index contributed by atoms with van der Waals surface area (Å²) in [7, 11) is -4.07. The number of phosphoric ester groups is 1. The molecule has 0 aliphatic carbocycles. The van der Waals surface area contributed by atoms with Crippen LogP contribution in [-0.2, 0) is 33.1 Å². The molecule has 22 heavy (non-hydrogen) atoms. The molecule has 0 radical (unpaired) electrons. The summed E-state index contributed by atoms with van der Waals surface area (Å²) in [4.78, 5) is 11.5. The number of unbranched alkanes of at least 4 members (excludes halogenated alkanes) is 10. The second kappa shape index (κ2) is 18.1. The molecule has 0 N–H and O–H groups in total. The van der Waals surface area contributed by atoms with E-state index in [1.165, 1.54) is 38.5 Å². The fourth-order valence-electron chi connectivity index (χ4n) is 2.15. The van der Waals surface area contributed by atoms with Crippen molar-refractivity contribution in [3.63, 3.8) is 0 Å². The van der Waals surface area contributed by atoms with Crippen molar-refractivity contribution in [3.05, 3.63) is 0 Å². The SMILES string of the molecule is CCCCCCCCOP(=O)([O-])OCCCCCCCC.[Zn+2]. The fourth-order valence-corrected chi connectivity index (χ4v) is 2.93. The van der Waals surface area contributed by atoms with Crippen molar-refractivity contribution in [2.75, 3.05) is 13.2 Å². The van der Waals surface area contributed by atoms with Crippen molar-refractivity contribution in [1.29, 1.82) is 0 Å². The standard InChI is InChI=1S/C16H35O4P.Zn/c1-3-5-7-9-11-13-15-19-21(17,18)20-16-14-12-10-8-6-4-2;/h3-16H2,1-2H3,(H,17,18);/q;+2/p-1. The minimum atomic E-state index is -4.07. The van der Waals surface area contributed by atoms with E-state index in [1.54, 1.807) is 0 Å². The van der Waals surface area contributed by atoms with Crippen molar-refractivity contribution >= 4 is 7.82 Å². The summed E-state index contributed by atoms with van der Waals surface area (Å²) in [6.45, 7) is 4.86. The first-order valence-electron chi connectivity index (χ1n) is 8.72. The third kappa shape index (κ3) is 18.8. The van der Waals surface area contributed by atoms with E-state index >= 15 is 0 Å². The number of hydrogen-bond donors (Lipinski definition) is 0. The summed E-state index contributed by atoms with van der Waals surface area (Å²) in [5.41, 5.74) is 0. The van der Waals surface area contributed by atoms with Gasteiger partial charge in [-0.1, -0.05) is 78.1 Å². The van der Waals surface area contributed by atoms with Gasteiger partial charge in [0.1, 0.15) is 0 Å². The normalized spacial score (nSPS) is 11.4. The molecule has 0 aliphatic heterocycles. The summed E-state index contributed by atoms with van der Waals surface area (Å²) in [6.07, 6.45) is 13.3. The Hall–Kier alpha value is 0.733. The van der Waals surface area contributed by atoms with Crippen molar-refractivity contribution in [3.8, 4) is 0 Å². The second-order valence-corrected chi connectivity index (χ2v) is 7.06. The van der Waals surface area contributed by atoms with Crippen molar-refractivity contribution < 1.29 is 38.0 Å². The first kappa shape index (κ1) is 25.0. The maximum atomic E-state index is 11.5. The summed E-state index contributed by atoms with van der Waals surface area (Å²) < 4.78 is 21.2. The maximum absolute atomic E-state index is 11.5. The molecule has 0 aromatic carbocycles. The number of rotatable bonds is 16. The summed E-state index contributed by atoms with van der Waals surface area (Å²) in [6, 6.07) is 0. The van der Waals surface area contributed by atoms with Gasteiger partial charge in [0.25, 0.3) is 7.82 Å². The van der Waals surface area contributed by atoms with Crippen LogP contribution < -0.4 is 4.89 Å². The van der Waals surface area contributed by atoms with Crippen LogP contribution in [0.15, 0.2) is 0 Å². The van der Waals surface area contributed by atoms with E-state index in [1.807, 2.05) is 0 Å². The molecular weight excluding hydrogens is 353 g/mol. The Bertz CT molecular complexity index is 243. The first-order chi connectivity index (χ1) is 10.1. The first-order valence-corrected chi connectivity index (χ1v) is 10.2. The van der Waals surface area contributed by atoms with E-state index in [-0.39, 0.29) is 32.7 Å². The maximum Gasteiger partial charge on any atom is 2.00 e. The molecule has 0 bridgehead atoms. The molecule has 0 rings (SSSR count). The third-order valence-corrected chi connectivity index (χ3v) is 4.49. The molecule has 0 atom stereocenters. The molecule has 0 spiro atoms. The molecule has 0 aromatic heterocycles. The Balaban J connectivity index is 0. The van der Waals surface area contributed by atoms with Gasteiger partial charge in [0.15, 0.2) is 0 Å². The topological polar surface area (TPSA) is 58.6 Å². The average molecular weight is 387 g/mol. The van der Waals surface area contributed by atoms with Crippen LogP contribution in [-0.4, -0.2) is 13.2 Å². The summed E-state index contributed by atoms with van der Waals surface area (Å²) in [5.74, 6) is 0. The monoisotopic (exact) mass is 385 g/mol. The number of hydrogen-bond acceptors (Lipinski definition) is 4. The Kier molecular flexibility index (Phi) is 20.5. The quantitative estimate of drug-likeness (QED) is 0.208. The van der Waals surface area contributed by atoms with Gasteiger partial charge < -0.3 is 13.9 Å². The minimum Gasteiger partial charge on any atom is -0.756 e. The van der Waals surface area contributed by atoms with Gasteiger partial charge in [-0.15, -0.1) is 0 Å². The van der Waals surface area contributed by atoms with Crippen molar-refractivity contribution in [2.24, 2.45) is 0 Å². The Labute approximate surface area is 150 Å². The largest absolute Gasteiger partial charge is 2.00 e. The smallest absolute Gasteiger partial charge is 0.756 e. The molecule has 4 nitrogen and oxygen atoms in total.